The molecule has 0 saturated carbocycles. The number of carboxylic acid groups (broad SMARTS) is 1. The van der Waals surface area contributed by atoms with E-state index in [0.29, 0.717) is 0 Å². The summed E-state index contributed by atoms with van der Waals surface area (Å²) in [6.07, 6.45) is 1.14. The molecule has 2 heterocycles. The Hall–Kier alpha value is -2.58. The highest BCUT2D eigenvalue weighted by Gasteiger charge is 2.44. The van der Waals surface area contributed by atoms with Crippen LogP contribution in [0.5, 0.6) is 0 Å². The zero-order chi connectivity index (χ0) is 17.0. The fourth-order valence-corrected chi connectivity index (χ4v) is 2.41. The second kappa shape index (κ2) is 7.12. The van der Waals surface area contributed by atoms with Gasteiger partial charge in [0, 0.05) is 13.1 Å². The average Bonchev–Trinajstić information content (AvgIpc) is 3.14. The van der Waals surface area contributed by atoms with Crippen LogP contribution in [0.4, 0.5) is 6.01 Å². The van der Waals surface area contributed by atoms with E-state index in [1.54, 1.807) is 13.8 Å². The highest BCUT2D eigenvalue weighted by Crippen LogP contribution is 2.29. The molecule has 2 atom stereocenters. The van der Waals surface area contributed by atoms with Crippen LogP contribution in [-0.2, 0) is 19.1 Å². The smallest absolute Gasteiger partial charge is 0.360 e. The summed E-state index contributed by atoms with van der Waals surface area (Å²) in [6, 6.07) is 0.0751. The third-order valence-electron chi connectivity index (χ3n) is 3.47. The molecule has 1 fully saturated rings. The Morgan fingerprint density at radius 1 is 1.26 bits per heavy atom. The topological polar surface area (TPSA) is 119 Å². The Kier molecular flexibility index (Phi) is 5.20. The van der Waals surface area contributed by atoms with Gasteiger partial charge >= 0.3 is 17.9 Å². The number of esters is 2. The Labute approximate surface area is 132 Å². The van der Waals surface area contributed by atoms with Crippen molar-refractivity contribution in [3.05, 3.63) is 12.0 Å². The van der Waals surface area contributed by atoms with Crippen molar-refractivity contribution in [2.45, 2.75) is 13.8 Å². The number of carbonyl (C=O) groups is 3. The van der Waals surface area contributed by atoms with Crippen LogP contribution in [0.1, 0.15) is 24.3 Å². The molecule has 0 radical (unpaired) electrons. The van der Waals surface area contributed by atoms with Crippen LogP contribution in [0, 0.1) is 11.8 Å². The first kappa shape index (κ1) is 16.8. The van der Waals surface area contributed by atoms with Crippen molar-refractivity contribution >= 4 is 23.9 Å². The predicted molar refractivity (Wildman–Crippen MR) is 75.9 cm³/mol. The summed E-state index contributed by atoms with van der Waals surface area (Å²) in [6.45, 7) is 3.84. The van der Waals surface area contributed by atoms with Crippen molar-refractivity contribution in [3.8, 4) is 0 Å². The quantitative estimate of drug-likeness (QED) is 0.747. The first-order valence-electron chi connectivity index (χ1n) is 7.24. The van der Waals surface area contributed by atoms with Gasteiger partial charge in [-0.1, -0.05) is 0 Å². The van der Waals surface area contributed by atoms with Gasteiger partial charge in [-0.25, -0.2) is 4.79 Å². The minimum absolute atomic E-state index is 0.00619. The monoisotopic (exact) mass is 326 g/mol. The normalized spacial score (nSPS) is 20.3. The van der Waals surface area contributed by atoms with E-state index in [1.165, 1.54) is 4.90 Å². The van der Waals surface area contributed by atoms with Crippen LogP contribution in [0.2, 0.25) is 0 Å². The van der Waals surface area contributed by atoms with Crippen molar-refractivity contribution in [1.82, 2.24) is 4.98 Å². The van der Waals surface area contributed by atoms with Gasteiger partial charge < -0.3 is 23.9 Å². The molecule has 0 bridgehead atoms. The minimum Gasteiger partial charge on any atom is -0.481 e. The van der Waals surface area contributed by atoms with Crippen LogP contribution >= 0.6 is 0 Å². The van der Waals surface area contributed by atoms with E-state index in [0.717, 1.165) is 6.26 Å². The maximum atomic E-state index is 11.9. The number of carboxylic acids is 1. The van der Waals surface area contributed by atoms with Gasteiger partial charge in [-0.05, 0) is 13.8 Å². The molecule has 0 amide bonds. The summed E-state index contributed by atoms with van der Waals surface area (Å²) in [5.41, 5.74) is -0.00619. The number of oxazole rings is 1. The number of carbonyl (C=O) groups excluding carboxylic acids is 2. The number of anilines is 1. The minimum atomic E-state index is -1.09. The Morgan fingerprint density at radius 3 is 2.52 bits per heavy atom. The highest BCUT2D eigenvalue weighted by molar-refractivity contribution is 5.87. The second-order valence-corrected chi connectivity index (χ2v) is 4.94. The molecule has 9 nitrogen and oxygen atoms in total. The SMILES string of the molecule is CCOC(=O)c1coc(N2C[C@@H](C(=O)O)[C@H](C(=O)OCC)C2)n1. The molecule has 0 unspecified atom stereocenters. The molecule has 23 heavy (non-hydrogen) atoms. The lowest BCUT2D eigenvalue weighted by Gasteiger charge is -2.12. The van der Waals surface area contributed by atoms with E-state index in [9.17, 15) is 19.5 Å². The van der Waals surface area contributed by atoms with Crippen molar-refractivity contribution in [2.75, 3.05) is 31.2 Å². The average molecular weight is 326 g/mol. The summed E-state index contributed by atoms with van der Waals surface area (Å²) in [4.78, 5) is 40.3. The maximum absolute atomic E-state index is 11.9. The van der Waals surface area contributed by atoms with Gasteiger partial charge in [0.2, 0.25) is 0 Å². The molecule has 1 aliphatic heterocycles. The molecule has 9 heteroatoms. The Bertz CT molecular complexity index is 598. The van der Waals surface area contributed by atoms with Gasteiger partial charge in [0.25, 0.3) is 6.01 Å². The van der Waals surface area contributed by atoms with Crippen LogP contribution in [0.3, 0.4) is 0 Å². The van der Waals surface area contributed by atoms with Crippen LogP contribution < -0.4 is 4.90 Å². The number of aromatic nitrogens is 1. The number of aliphatic carboxylic acids is 1. The zero-order valence-electron chi connectivity index (χ0n) is 12.9. The Morgan fingerprint density at radius 2 is 1.91 bits per heavy atom. The lowest BCUT2D eigenvalue weighted by molar-refractivity contribution is -0.155. The molecule has 1 N–H and O–H groups in total. The molecule has 0 aliphatic carbocycles. The molecular weight excluding hydrogens is 308 g/mol. The molecule has 2 rings (SSSR count). The van der Waals surface area contributed by atoms with Gasteiger partial charge in [0.1, 0.15) is 6.26 Å². The molecule has 126 valence electrons. The van der Waals surface area contributed by atoms with Crippen molar-refractivity contribution < 1.29 is 33.4 Å². The van der Waals surface area contributed by atoms with Crippen LogP contribution in [0.25, 0.3) is 0 Å². The summed E-state index contributed by atoms with van der Waals surface area (Å²) in [7, 11) is 0. The van der Waals surface area contributed by atoms with E-state index in [-0.39, 0.29) is 38.0 Å². The van der Waals surface area contributed by atoms with E-state index >= 15 is 0 Å². The van der Waals surface area contributed by atoms with E-state index in [2.05, 4.69) is 4.98 Å². The molecule has 1 aromatic heterocycles. The van der Waals surface area contributed by atoms with Crippen LogP contribution in [0.15, 0.2) is 10.7 Å². The predicted octanol–water partition coefficient (Wildman–Crippen LogP) is 0.551. The van der Waals surface area contributed by atoms with Gasteiger partial charge in [0.05, 0.1) is 25.0 Å². The van der Waals surface area contributed by atoms with Gasteiger partial charge in [-0.2, -0.15) is 4.98 Å². The summed E-state index contributed by atoms with van der Waals surface area (Å²) < 4.78 is 14.9. The lowest BCUT2D eigenvalue weighted by Crippen LogP contribution is -2.29. The number of hydrogen-bond donors (Lipinski definition) is 1. The van der Waals surface area contributed by atoms with Crippen LogP contribution in [-0.4, -0.2) is 54.3 Å². The number of rotatable bonds is 6. The molecular formula is C14H18N2O7. The fraction of sp³-hybridized carbons (Fsp3) is 0.571. The standard InChI is InChI=1S/C14H18N2O7/c1-3-21-12(19)9-6-16(5-8(9)11(17)18)14-15-10(7-23-14)13(20)22-4-2/h7-9H,3-6H2,1-2H3,(H,17,18)/t8-,9-/m1/s1. The van der Waals surface area contributed by atoms with Gasteiger partial charge in [0.15, 0.2) is 5.69 Å². The van der Waals surface area contributed by atoms with E-state index in [1.807, 2.05) is 0 Å². The lowest BCUT2D eigenvalue weighted by atomic mass is 9.96. The number of nitrogens with zero attached hydrogens (tertiary/aromatic N) is 2. The second-order valence-electron chi connectivity index (χ2n) is 4.94. The largest absolute Gasteiger partial charge is 0.481 e. The number of ether oxygens (including phenoxy) is 2. The Balaban J connectivity index is 2.14. The molecule has 0 aromatic carbocycles. The van der Waals surface area contributed by atoms with Crippen molar-refractivity contribution in [3.63, 3.8) is 0 Å². The van der Waals surface area contributed by atoms with Gasteiger partial charge in [-0.15, -0.1) is 0 Å². The molecule has 0 spiro atoms. The third-order valence-corrected chi connectivity index (χ3v) is 3.47. The zero-order valence-corrected chi connectivity index (χ0v) is 12.9. The first-order valence-corrected chi connectivity index (χ1v) is 7.24. The third kappa shape index (κ3) is 3.61. The molecule has 1 aliphatic rings. The summed E-state index contributed by atoms with van der Waals surface area (Å²) in [5.74, 6) is -4.03. The molecule has 1 saturated heterocycles. The maximum Gasteiger partial charge on any atom is 0.360 e. The van der Waals surface area contributed by atoms with E-state index in [4.69, 9.17) is 13.9 Å². The van der Waals surface area contributed by atoms with Crippen molar-refractivity contribution in [1.29, 1.82) is 0 Å². The first-order chi connectivity index (χ1) is 11.0. The highest BCUT2D eigenvalue weighted by atomic mass is 16.5. The number of hydrogen-bond acceptors (Lipinski definition) is 8. The summed E-state index contributed by atoms with van der Waals surface area (Å²) in [5, 5.41) is 9.27. The van der Waals surface area contributed by atoms with Crippen molar-refractivity contribution in [2.24, 2.45) is 11.8 Å². The molecule has 1 aromatic rings. The summed E-state index contributed by atoms with van der Waals surface area (Å²) >= 11 is 0. The van der Waals surface area contributed by atoms with E-state index < -0.39 is 29.7 Å². The fourth-order valence-electron chi connectivity index (χ4n) is 2.41. The van der Waals surface area contributed by atoms with Gasteiger partial charge in [-0.3, -0.25) is 9.59 Å².